The Morgan fingerprint density at radius 3 is 2.47 bits per heavy atom. The smallest absolute Gasteiger partial charge is 0.276 e. The van der Waals surface area contributed by atoms with E-state index in [2.05, 4.69) is 10.3 Å². The van der Waals surface area contributed by atoms with Gasteiger partial charge in [-0.05, 0) is 30.7 Å². The minimum atomic E-state index is -0.489. The van der Waals surface area contributed by atoms with Crippen LogP contribution in [-0.2, 0) is 11.2 Å². The third-order valence-corrected chi connectivity index (χ3v) is 5.79. The second-order valence-electron chi connectivity index (χ2n) is 7.91. The van der Waals surface area contributed by atoms with E-state index in [9.17, 15) is 19.7 Å². The lowest BCUT2D eigenvalue weighted by atomic mass is 10.1. The van der Waals surface area contributed by atoms with Gasteiger partial charge in [0.05, 0.1) is 29.8 Å². The van der Waals surface area contributed by atoms with Crippen LogP contribution < -0.4 is 4.74 Å². The average Bonchev–Trinajstić information content (AvgIpc) is 3.25. The van der Waals surface area contributed by atoms with Crippen LogP contribution in [-0.4, -0.2) is 74.8 Å². The van der Waals surface area contributed by atoms with Crippen molar-refractivity contribution >= 4 is 17.5 Å². The molecule has 34 heavy (non-hydrogen) atoms. The molecule has 11 heteroatoms. The predicted molar refractivity (Wildman–Crippen MR) is 122 cm³/mol. The minimum Gasteiger partial charge on any atom is -0.497 e. The molecule has 3 aromatic rings. The van der Waals surface area contributed by atoms with Crippen molar-refractivity contribution in [1.29, 1.82) is 0 Å². The number of aromatic nitrogens is 3. The largest absolute Gasteiger partial charge is 0.497 e. The fourth-order valence-corrected chi connectivity index (χ4v) is 3.89. The van der Waals surface area contributed by atoms with Crippen molar-refractivity contribution in [3.63, 3.8) is 0 Å². The Morgan fingerprint density at radius 1 is 1.06 bits per heavy atom. The number of non-ortho nitro benzene ring substituents is 1. The maximum absolute atomic E-state index is 13.1. The van der Waals surface area contributed by atoms with E-state index in [1.54, 1.807) is 36.0 Å². The first-order chi connectivity index (χ1) is 16.4. The van der Waals surface area contributed by atoms with Crippen LogP contribution in [0, 0.1) is 17.0 Å². The molecule has 0 radical (unpaired) electrons. The van der Waals surface area contributed by atoms with Gasteiger partial charge >= 0.3 is 0 Å². The molecule has 2 amide bonds. The molecule has 0 N–H and O–H groups in total. The zero-order valence-corrected chi connectivity index (χ0v) is 18.9. The van der Waals surface area contributed by atoms with E-state index in [0.29, 0.717) is 43.3 Å². The van der Waals surface area contributed by atoms with E-state index >= 15 is 0 Å². The Balaban J connectivity index is 1.39. The van der Waals surface area contributed by atoms with Gasteiger partial charge < -0.3 is 14.5 Å². The molecule has 0 spiro atoms. The lowest BCUT2D eigenvalue weighted by Gasteiger charge is -2.34. The van der Waals surface area contributed by atoms with Crippen LogP contribution >= 0.6 is 0 Å². The predicted octanol–water partition coefficient (Wildman–Crippen LogP) is 2.02. The fraction of sp³-hybridized carbons (Fsp3) is 0.304. The molecule has 0 bridgehead atoms. The lowest BCUT2D eigenvalue weighted by Crippen LogP contribution is -2.51. The van der Waals surface area contributed by atoms with Gasteiger partial charge in [-0.3, -0.25) is 19.7 Å². The van der Waals surface area contributed by atoms with E-state index in [1.807, 2.05) is 24.3 Å². The van der Waals surface area contributed by atoms with Crippen LogP contribution in [0.4, 0.5) is 5.69 Å². The van der Waals surface area contributed by atoms with Crippen LogP contribution in [0.3, 0.4) is 0 Å². The van der Waals surface area contributed by atoms with E-state index in [4.69, 9.17) is 4.74 Å². The molecule has 0 atom stereocenters. The van der Waals surface area contributed by atoms with Crippen molar-refractivity contribution in [2.75, 3.05) is 33.3 Å². The maximum Gasteiger partial charge on any atom is 0.276 e. The van der Waals surface area contributed by atoms with Crippen LogP contribution in [0.15, 0.2) is 48.5 Å². The molecule has 1 aliphatic heterocycles. The molecule has 1 aliphatic rings. The summed E-state index contributed by atoms with van der Waals surface area (Å²) in [5, 5.41) is 19.1. The molecule has 4 rings (SSSR count). The maximum atomic E-state index is 13.1. The minimum absolute atomic E-state index is 0.00634. The Kier molecular flexibility index (Phi) is 6.53. The second kappa shape index (κ2) is 9.69. The second-order valence-corrected chi connectivity index (χ2v) is 7.91. The Morgan fingerprint density at radius 2 is 1.76 bits per heavy atom. The first-order valence-corrected chi connectivity index (χ1v) is 10.7. The van der Waals surface area contributed by atoms with Gasteiger partial charge in [0.15, 0.2) is 5.69 Å². The number of hydrogen-bond acceptors (Lipinski definition) is 7. The molecular formula is C23H24N6O5. The highest BCUT2D eigenvalue weighted by molar-refractivity contribution is 5.93. The van der Waals surface area contributed by atoms with Gasteiger partial charge in [0.25, 0.3) is 11.6 Å². The van der Waals surface area contributed by atoms with Gasteiger partial charge in [0.1, 0.15) is 5.75 Å². The lowest BCUT2D eigenvalue weighted by molar-refractivity contribution is -0.384. The van der Waals surface area contributed by atoms with Gasteiger partial charge in [0, 0.05) is 38.3 Å². The number of piperazine rings is 1. The molecule has 1 fully saturated rings. The number of methoxy groups -OCH3 is 1. The van der Waals surface area contributed by atoms with Crippen LogP contribution in [0.25, 0.3) is 5.69 Å². The highest BCUT2D eigenvalue weighted by Gasteiger charge is 2.28. The number of benzene rings is 2. The van der Waals surface area contributed by atoms with Gasteiger partial charge in [0.2, 0.25) is 5.91 Å². The summed E-state index contributed by atoms with van der Waals surface area (Å²) in [7, 11) is 1.58. The van der Waals surface area contributed by atoms with Gasteiger partial charge in [-0.1, -0.05) is 23.4 Å². The molecule has 1 saturated heterocycles. The van der Waals surface area contributed by atoms with Crippen molar-refractivity contribution in [3.8, 4) is 11.4 Å². The molecule has 0 aliphatic carbocycles. The van der Waals surface area contributed by atoms with E-state index in [1.165, 1.54) is 16.8 Å². The van der Waals surface area contributed by atoms with Crippen molar-refractivity contribution in [2.45, 2.75) is 13.3 Å². The summed E-state index contributed by atoms with van der Waals surface area (Å²) < 4.78 is 6.62. The number of amides is 2. The molecular weight excluding hydrogens is 440 g/mol. The third kappa shape index (κ3) is 4.72. The van der Waals surface area contributed by atoms with Crippen molar-refractivity contribution in [2.24, 2.45) is 0 Å². The Labute approximate surface area is 195 Å². The molecule has 0 unspecified atom stereocenters. The summed E-state index contributed by atoms with van der Waals surface area (Å²) in [6.45, 7) is 3.30. The van der Waals surface area contributed by atoms with Crippen molar-refractivity contribution in [1.82, 2.24) is 24.8 Å². The number of ether oxygens (including phenoxy) is 1. The standard InChI is InChI=1S/C23H24N6O5/c1-16-22(24-25-28(16)18-6-4-7-19(15-18)29(32)33)23(31)27-11-9-26(10-12-27)21(30)14-17-5-3-8-20(13-17)34-2/h3-8,13,15H,9-12,14H2,1-2H3. The van der Waals surface area contributed by atoms with Gasteiger partial charge in [-0.25, -0.2) is 4.68 Å². The van der Waals surface area contributed by atoms with Crippen LogP contribution in [0.2, 0.25) is 0 Å². The highest BCUT2D eigenvalue weighted by atomic mass is 16.6. The monoisotopic (exact) mass is 464 g/mol. The average molecular weight is 464 g/mol. The van der Waals surface area contributed by atoms with Gasteiger partial charge in [-0.2, -0.15) is 0 Å². The first kappa shape index (κ1) is 22.9. The summed E-state index contributed by atoms with van der Waals surface area (Å²) in [5.41, 5.74) is 1.92. The van der Waals surface area contributed by atoms with Crippen molar-refractivity contribution < 1.29 is 19.2 Å². The van der Waals surface area contributed by atoms with Gasteiger partial charge in [-0.15, -0.1) is 5.10 Å². The summed E-state index contributed by atoms with van der Waals surface area (Å²) in [6.07, 6.45) is 0.266. The fourth-order valence-electron chi connectivity index (χ4n) is 3.89. The topological polar surface area (TPSA) is 124 Å². The number of nitro groups is 1. The number of carbonyl (C=O) groups excluding carboxylic acids is 2. The summed E-state index contributed by atoms with van der Waals surface area (Å²) in [6, 6.07) is 13.4. The molecule has 2 heterocycles. The molecule has 11 nitrogen and oxygen atoms in total. The Hall–Kier alpha value is -4.28. The normalized spacial score (nSPS) is 13.6. The molecule has 0 saturated carbocycles. The number of hydrogen-bond donors (Lipinski definition) is 0. The number of nitro benzene ring substituents is 1. The summed E-state index contributed by atoms with van der Waals surface area (Å²) >= 11 is 0. The van der Waals surface area contributed by atoms with E-state index in [-0.39, 0.29) is 29.6 Å². The molecule has 1 aromatic heterocycles. The molecule has 2 aromatic carbocycles. The summed E-state index contributed by atoms with van der Waals surface area (Å²) in [5.74, 6) is 0.413. The zero-order chi connectivity index (χ0) is 24.2. The highest BCUT2D eigenvalue weighted by Crippen LogP contribution is 2.20. The summed E-state index contributed by atoms with van der Waals surface area (Å²) in [4.78, 5) is 39.7. The van der Waals surface area contributed by atoms with Crippen LogP contribution in [0.1, 0.15) is 21.7 Å². The number of carbonyl (C=O) groups is 2. The zero-order valence-electron chi connectivity index (χ0n) is 18.9. The number of nitrogens with zero attached hydrogens (tertiary/aromatic N) is 6. The van der Waals surface area contributed by atoms with Crippen molar-refractivity contribution in [3.05, 3.63) is 75.6 Å². The molecule has 176 valence electrons. The SMILES string of the molecule is COc1cccc(CC(=O)N2CCN(C(=O)c3nnn(-c4cccc([N+](=O)[O-])c4)c3C)CC2)c1. The van der Waals surface area contributed by atoms with E-state index in [0.717, 1.165) is 5.56 Å². The van der Waals surface area contributed by atoms with Crippen LogP contribution in [0.5, 0.6) is 5.75 Å². The third-order valence-electron chi connectivity index (χ3n) is 5.79. The first-order valence-electron chi connectivity index (χ1n) is 10.7. The Bertz CT molecular complexity index is 1230. The number of rotatable bonds is 6. The van der Waals surface area contributed by atoms with E-state index < -0.39 is 4.92 Å². The quantitative estimate of drug-likeness (QED) is 0.404.